The van der Waals surface area contributed by atoms with Crippen molar-refractivity contribution >= 4 is 21.7 Å². The maximum atomic E-state index is 12.9. The van der Waals surface area contributed by atoms with Crippen LogP contribution in [-0.4, -0.2) is 78.9 Å². The van der Waals surface area contributed by atoms with E-state index in [4.69, 9.17) is 5.73 Å². The molecule has 0 saturated carbocycles. The van der Waals surface area contributed by atoms with E-state index in [1.165, 1.54) is 0 Å². The Balaban J connectivity index is 1.40. The van der Waals surface area contributed by atoms with Gasteiger partial charge in [0.25, 0.3) is 0 Å². The molecule has 36 heavy (non-hydrogen) atoms. The zero-order valence-electron chi connectivity index (χ0n) is 20.7. The van der Waals surface area contributed by atoms with Crippen molar-refractivity contribution in [3.8, 4) is 5.75 Å². The van der Waals surface area contributed by atoms with Gasteiger partial charge in [-0.25, -0.2) is 8.42 Å². The molecule has 0 spiro atoms. The summed E-state index contributed by atoms with van der Waals surface area (Å²) in [4.78, 5) is 28.6. The van der Waals surface area contributed by atoms with Gasteiger partial charge in [0.05, 0.1) is 0 Å². The summed E-state index contributed by atoms with van der Waals surface area (Å²) < 4.78 is 23.6. The third kappa shape index (κ3) is 6.64. The molecule has 9 heteroatoms. The number of carbonyl (C=O) groups excluding carboxylic acids is 2. The number of primary amides is 1. The van der Waals surface area contributed by atoms with Crippen molar-refractivity contribution in [2.75, 3.05) is 31.6 Å². The Kier molecular flexibility index (Phi) is 8.00. The van der Waals surface area contributed by atoms with Crippen LogP contribution in [0.5, 0.6) is 5.75 Å². The molecule has 2 heterocycles. The molecule has 2 aliphatic rings. The summed E-state index contributed by atoms with van der Waals surface area (Å²) in [5.41, 5.74) is 8.14. The zero-order valence-corrected chi connectivity index (χ0v) is 21.5. The van der Waals surface area contributed by atoms with Crippen molar-refractivity contribution in [3.63, 3.8) is 0 Å². The fraction of sp³-hybridized carbons (Fsp3) is 0.481. The second kappa shape index (κ2) is 11.0. The number of aromatic hydroxyl groups is 1. The normalized spacial score (nSPS) is 21.9. The molecule has 2 aliphatic heterocycles. The van der Waals surface area contributed by atoms with E-state index in [9.17, 15) is 23.1 Å². The lowest BCUT2D eigenvalue weighted by atomic mass is 9.84. The van der Waals surface area contributed by atoms with Crippen LogP contribution in [0.15, 0.2) is 48.5 Å². The van der Waals surface area contributed by atoms with Crippen molar-refractivity contribution in [3.05, 3.63) is 65.2 Å². The minimum atomic E-state index is -3.43. The van der Waals surface area contributed by atoms with Crippen molar-refractivity contribution < 1.29 is 23.1 Å². The third-order valence-electron chi connectivity index (χ3n) is 7.50. The number of carbonyl (C=O) groups is 2. The molecule has 2 bridgehead atoms. The van der Waals surface area contributed by atoms with E-state index in [1.807, 2.05) is 24.3 Å². The molecule has 3 atom stereocenters. The molecule has 0 radical (unpaired) electrons. The van der Waals surface area contributed by atoms with Crippen molar-refractivity contribution in [1.29, 1.82) is 0 Å². The molecule has 2 aromatic rings. The predicted octanol–water partition coefficient (Wildman–Crippen LogP) is 2.32. The number of nitrogens with two attached hydrogens (primary N) is 1. The average molecular weight is 514 g/mol. The largest absolute Gasteiger partial charge is 0.508 e. The van der Waals surface area contributed by atoms with Crippen LogP contribution < -0.4 is 5.73 Å². The third-order valence-corrected chi connectivity index (χ3v) is 8.27. The average Bonchev–Trinajstić information content (AvgIpc) is 3.05. The molecule has 2 aromatic carbocycles. The van der Waals surface area contributed by atoms with Gasteiger partial charge in [0, 0.05) is 43.5 Å². The van der Waals surface area contributed by atoms with Gasteiger partial charge in [0.2, 0.25) is 11.8 Å². The fourth-order valence-electron chi connectivity index (χ4n) is 5.70. The number of hydrogen-bond acceptors (Lipinski definition) is 6. The summed E-state index contributed by atoms with van der Waals surface area (Å²) in [6.45, 7) is 1.60. The van der Waals surface area contributed by atoms with Crippen LogP contribution in [0.4, 0.5) is 0 Å². The Morgan fingerprint density at radius 1 is 1.06 bits per heavy atom. The fourth-order valence-corrected chi connectivity index (χ4v) is 6.33. The SMILES string of the molecule is CS(=O)(=O)CC(=O)N(CCc1ccc(O)cc1)CCN1[C@@H]2CC[C@H]1CC(c1cccc(C(N)=O)c1)C2. The van der Waals surface area contributed by atoms with Crippen LogP contribution in [-0.2, 0) is 21.1 Å². The molecule has 3 N–H and O–H groups in total. The van der Waals surface area contributed by atoms with Gasteiger partial charge in [-0.1, -0.05) is 24.3 Å². The first kappa shape index (κ1) is 26.2. The molecule has 194 valence electrons. The second-order valence-electron chi connectivity index (χ2n) is 10.1. The highest BCUT2D eigenvalue weighted by atomic mass is 32.2. The molecule has 2 saturated heterocycles. The summed E-state index contributed by atoms with van der Waals surface area (Å²) in [5.74, 6) is -0.724. The first-order valence-electron chi connectivity index (χ1n) is 12.5. The van der Waals surface area contributed by atoms with Gasteiger partial charge in [-0.2, -0.15) is 0 Å². The van der Waals surface area contributed by atoms with Gasteiger partial charge in [-0.15, -0.1) is 0 Å². The first-order valence-corrected chi connectivity index (χ1v) is 14.5. The minimum Gasteiger partial charge on any atom is -0.508 e. The highest BCUT2D eigenvalue weighted by Crippen LogP contribution is 2.43. The van der Waals surface area contributed by atoms with E-state index < -0.39 is 21.5 Å². The molecule has 0 aromatic heterocycles. The topological polar surface area (TPSA) is 121 Å². The summed E-state index contributed by atoms with van der Waals surface area (Å²) in [7, 11) is -3.43. The number of rotatable bonds is 10. The lowest BCUT2D eigenvalue weighted by Gasteiger charge is -2.40. The Morgan fingerprint density at radius 3 is 2.33 bits per heavy atom. The van der Waals surface area contributed by atoms with E-state index in [1.54, 1.807) is 23.1 Å². The van der Waals surface area contributed by atoms with Crippen molar-refractivity contribution in [2.24, 2.45) is 5.73 Å². The standard InChI is InChI=1S/C27H35N3O5S/c1-36(34,35)18-26(32)29(12-11-19-5-9-25(31)10-6-19)13-14-30-23-7-8-24(30)17-22(16-23)20-3-2-4-21(15-20)27(28)33/h2-6,9-10,15,22-24,31H,7-8,11-14,16-18H2,1H3,(H2,28,33)/t22?,23-,24+. The van der Waals surface area contributed by atoms with Gasteiger partial charge in [0.15, 0.2) is 9.84 Å². The Morgan fingerprint density at radius 2 is 1.72 bits per heavy atom. The number of nitrogens with zero attached hydrogens (tertiary/aromatic N) is 2. The zero-order chi connectivity index (χ0) is 25.9. The van der Waals surface area contributed by atoms with Gasteiger partial charge in [-0.05, 0) is 73.4 Å². The summed E-state index contributed by atoms with van der Waals surface area (Å²) in [6, 6.07) is 15.3. The molecule has 0 aliphatic carbocycles. The summed E-state index contributed by atoms with van der Waals surface area (Å²) >= 11 is 0. The highest BCUT2D eigenvalue weighted by molar-refractivity contribution is 7.91. The lowest BCUT2D eigenvalue weighted by Crippen LogP contribution is -2.48. The van der Waals surface area contributed by atoms with Gasteiger partial charge >= 0.3 is 0 Å². The quantitative estimate of drug-likeness (QED) is 0.503. The highest BCUT2D eigenvalue weighted by Gasteiger charge is 2.41. The van der Waals surface area contributed by atoms with E-state index >= 15 is 0 Å². The molecule has 2 amide bonds. The van der Waals surface area contributed by atoms with Crippen LogP contribution in [0.25, 0.3) is 0 Å². The van der Waals surface area contributed by atoms with Crippen LogP contribution in [0.2, 0.25) is 0 Å². The monoisotopic (exact) mass is 513 g/mol. The minimum absolute atomic E-state index is 0.184. The maximum absolute atomic E-state index is 12.9. The van der Waals surface area contributed by atoms with E-state index in [-0.39, 0.29) is 11.7 Å². The summed E-state index contributed by atoms with van der Waals surface area (Å²) in [6.07, 6.45) is 5.85. The van der Waals surface area contributed by atoms with Crippen LogP contribution in [0.1, 0.15) is 53.1 Å². The van der Waals surface area contributed by atoms with Crippen LogP contribution >= 0.6 is 0 Å². The van der Waals surface area contributed by atoms with Crippen LogP contribution in [0, 0.1) is 0 Å². The Labute approximate surface area is 213 Å². The first-order chi connectivity index (χ1) is 17.1. The summed E-state index contributed by atoms with van der Waals surface area (Å²) in [5, 5.41) is 9.51. The molecule has 4 rings (SSSR count). The number of phenols is 1. The van der Waals surface area contributed by atoms with E-state index in [0.717, 1.165) is 43.1 Å². The number of fused-ring (bicyclic) bond motifs is 2. The van der Waals surface area contributed by atoms with E-state index in [2.05, 4.69) is 11.0 Å². The number of sulfone groups is 1. The molecule has 2 fully saturated rings. The number of amides is 2. The Hall–Kier alpha value is -2.91. The molecular formula is C27H35N3O5S. The van der Waals surface area contributed by atoms with Gasteiger partial charge in [0.1, 0.15) is 11.5 Å². The van der Waals surface area contributed by atoms with Gasteiger partial charge in [-0.3, -0.25) is 14.5 Å². The number of phenolic OH excluding ortho intramolecular Hbond substituents is 1. The van der Waals surface area contributed by atoms with Crippen LogP contribution in [0.3, 0.4) is 0 Å². The van der Waals surface area contributed by atoms with E-state index in [0.29, 0.717) is 49.6 Å². The number of piperidine rings is 1. The second-order valence-corrected chi connectivity index (χ2v) is 12.3. The predicted molar refractivity (Wildman–Crippen MR) is 139 cm³/mol. The molecule has 8 nitrogen and oxygen atoms in total. The lowest BCUT2D eigenvalue weighted by molar-refractivity contribution is -0.128. The van der Waals surface area contributed by atoms with Crippen molar-refractivity contribution in [2.45, 2.75) is 50.1 Å². The smallest absolute Gasteiger partial charge is 0.248 e. The molecular weight excluding hydrogens is 478 g/mol. The maximum Gasteiger partial charge on any atom is 0.248 e. The molecule has 1 unspecified atom stereocenters. The Bertz CT molecular complexity index is 1180. The number of hydrogen-bond donors (Lipinski definition) is 2. The van der Waals surface area contributed by atoms with Crippen molar-refractivity contribution in [1.82, 2.24) is 9.80 Å². The number of benzene rings is 2. The van der Waals surface area contributed by atoms with Gasteiger partial charge < -0.3 is 15.7 Å².